The minimum atomic E-state index is -0.234. The van der Waals surface area contributed by atoms with Crippen LogP contribution < -0.4 is 10.9 Å². The van der Waals surface area contributed by atoms with Crippen molar-refractivity contribution in [2.24, 2.45) is 0 Å². The van der Waals surface area contributed by atoms with Crippen LogP contribution in [0.4, 0.5) is 0 Å². The molecule has 2 N–H and O–H groups in total. The molecule has 0 spiro atoms. The molecule has 0 saturated heterocycles. The summed E-state index contributed by atoms with van der Waals surface area (Å²) in [6.07, 6.45) is 4.55. The minimum absolute atomic E-state index is 0.0512. The highest BCUT2D eigenvalue weighted by Gasteiger charge is 2.34. The maximum atomic E-state index is 12.9. The highest BCUT2D eigenvalue weighted by molar-refractivity contribution is 6.31. The first-order chi connectivity index (χ1) is 13.4. The van der Waals surface area contributed by atoms with Crippen molar-refractivity contribution in [1.29, 1.82) is 0 Å². The molecule has 1 aromatic carbocycles. The molecule has 2 aromatic heterocycles. The fraction of sp³-hybridized carbons (Fsp3) is 0.381. The number of aromatic amines is 1. The summed E-state index contributed by atoms with van der Waals surface area (Å²) >= 11 is 6.11. The molecule has 0 radical (unpaired) electrons. The van der Waals surface area contributed by atoms with Gasteiger partial charge in [0.15, 0.2) is 5.69 Å². The van der Waals surface area contributed by atoms with Crippen molar-refractivity contribution < 1.29 is 4.79 Å². The predicted molar refractivity (Wildman–Crippen MR) is 110 cm³/mol. The van der Waals surface area contributed by atoms with Gasteiger partial charge < -0.3 is 10.3 Å². The van der Waals surface area contributed by atoms with E-state index in [4.69, 9.17) is 11.6 Å². The molecule has 1 atom stereocenters. The summed E-state index contributed by atoms with van der Waals surface area (Å²) < 4.78 is 1.55. The number of halogens is 1. The third-order valence-corrected chi connectivity index (χ3v) is 5.75. The van der Waals surface area contributed by atoms with Crippen LogP contribution in [0.25, 0.3) is 16.8 Å². The first kappa shape index (κ1) is 18.7. The number of H-pyrrole nitrogens is 1. The van der Waals surface area contributed by atoms with Gasteiger partial charge in [-0.3, -0.25) is 9.59 Å². The van der Waals surface area contributed by atoms with Crippen molar-refractivity contribution in [2.75, 3.05) is 0 Å². The third kappa shape index (κ3) is 3.33. The van der Waals surface area contributed by atoms with Crippen molar-refractivity contribution in [2.45, 2.75) is 52.0 Å². The lowest BCUT2D eigenvalue weighted by Gasteiger charge is -2.10. The predicted octanol–water partition coefficient (Wildman–Crippen LogP) is 4.06. The van der Waals surface area contributed by atoms with Crippen molar-refractivity contribution in [3.8, 4) is 11.3 Å². The Labute approximate surface area is 167 Å². The molecule has 3 aromatic rings. The molecule has 0 aliphatic heterocycles. The molecule has 1 aliphatic carbocycles. The lowest BCUT2D eigenvalue weighted by molar-refractivity contribution is 0.0933. The van der Waals surface area contributed by atoms with Gasteiger partial charge in [0, 0.05) is 16.6 Å². The van der Waals surface area contributed by atoms with Crippen LogP contribution >= 0.6 is 11.6 Å². The number of nitrogens with zero attached hydrogens (tertiary/aromatic N) is 2. The van der Waals surface area contributed by atoms with Crippen molar-refractivity contribution in [1.82, 2.24) is 19.9 Å². The first-order valence-corrected chi connectivity index (χ1v) is 9.99. The standard InChI is InChI=1S/C21H23ClN4O2/c1-4-12(3)23-20(27)18-17(13-5-6-13)19-21(28)24-16(10-26(19)25-18)14-7-8-15(22)11(2)9-14/h7-10,12-13H,4-6H2,1-3H3,(H,23,27)(H,24,28)/t12-/m0/s1. The number of amides is 1. The fourth-order valence-corrected chi connectivity index (χ4v) is 3.50. The van der Waals surface area contributed by atoms with Crippen LogP contribution in [0.3, 0.4) is 0 Å². The summed E-state index contributed by atoms with van der Waals surface area (Å²) in [5.74, 6) is 0.00291. The second kappa shape index (κ2) is 7.09. The summed E-state index contributed by atoms with van der Waals surface area (Å²) in [4.78, 5) is 28.6. The van der Waals surface area contributed by atoms with Gasteiger partial charge in [-0.05, 0) is 62.3 Å². The van der Waals surface area contributed by atoms with E-state index in [9.17, 15) is 9.59 Å². The molecular weight excluding hydrogens is 376 g/mol. The zero-order valence-electron chi connectivity index (χ0n) is 16.2. The van der Waals surface area contributed by atoms with Gasteiger partial charge in [-0.15, -0.1) is 0 Å². The Morgan fingerprint density at radius 1 is 1.43 bits per heavy atom. The monoisotopic (exact) mass is 398 g/mol. The number of hydrogen-bond donors (Lipinski definition) is 2. The Hall–Kier alpha value is -2.60. The number of carbonyl (C=O) groups excluding carboxylic acids is 1. The van der Waals surface area contributed by atoms with E-state index in [2.05, 4.69) is 15.4 Å². The Bertz CT molecular complexity index is 1130. The molecule has 4 rings (SSSR count). The van der Waals surface area contributed by atoms with Gasteiger partial charge in [-0.25, -0.2) is 4.52 Å². The summed E-state index contributed by atoms with van der Waals surface area (Å²) in [7, 11) is 0. The van der Waals surface area contributed by atoms with Gasteiger partial charge in [0.05, 0.1) is 11.9 Å². The summed E-state index contributed by atoms with van der Waals surface area (Å²) in [6, 6.07) is 5.63. The molecule has 28 heavy (non-hydrogen) atoms. The Morgan fingerprint density at radius 2 is 2.18 bits per heavy atom. The van der Waals surface area contributed by atoms with Crippen LogP contribution in [0.5, 0.6) is 0 Å². The Kier molecular flexibility index (Phi) is 4.75. The first-order valence-electron chi connectivity index (χ1n) is 9.62. The number of aromatic nitrogens is 3. The van der Waals surface area contributed by atoms with Gasteiger partial charge in [-0.1, -0.05) is 24.6 Å². The second-order valence-electron chi connectivity index (χ2n) is 7.57. The molecule has 1 saturated carbocycles. The Morgan fingerprint density at radius 3 is 2.82 bits per heavy atom. The molecular formula is C21H23ClN4O2. The maximum absolute atomic E-state index is 12.9. The average Bonchev–Trinajstić information content (AvgIpc) is 3.43. The zero-order chi connectivity index (χ0) is 20.0. The van der Waals surface area contributed by atoms with Crippen LogP contribution in [0.15, 0.2) is 29.2 Å². The maximum Gasteiger partial charge on any atom is 0.274 e. The molecule has 1 amide bonds. The van der Waals surface area contributed by atoms with E-state index in [0.717, 1.165) is 36.0 Å². The van der Waals surface area contributed by atoms with Crippen LogP contribution in [-0.4, -0.2) is 26.5 Å². The van der Waals surface area contributed by atoms with Gasteiger partial charge >= 0.3 is 0 Å². The molecule has 7 heteroatoms. The van der Waals surface area contributed by atoms with E-state index in [1.807, 2.05) is 32.9 Å². The number of rotatable bonds is 5. The van der Waals surface area contributed by atoms with Crippen molar-refractivity contribution in [3.05, 3.63) is 56.6 Å². The van der Waals surface area contributed by atoms with Crippen LogP contribution in [-0.2, 0) is 0 Å². The van der Waals surface area contributed by atoms with E-state index in [1.165, 1.54) is 0 Å². The number of nitrogens with one attached hydrogen (secondary N) is 2. The Balaban J connectivity index is 1.85. The smallest absolute Gasteiger partial charge is 0.274 e. The number of hydrogen-bond acceptors (Lipinski definition) is 3. The summed E-state index contributed by atoms with van der Waals surface area (Å²) in [5.41, 5.74) is 3.76. The molecule has 0 bridgehead atoms. The molecule has 1 aliphatic rings. The molecule has 6 nitrogen and oxygen atoms in total. The largest absolute Gasteiger partial charge is 0.348 e. The average molecular weight is 399 g/mol. The van der Waals surface area contributed by atoms with Crippen LogP contribution in [0, 0.1) is 6.92 Å². The molecule has 146 valence electrons. The van der Waals surface area contributed by atoms with E-state index < -0.39 is 0 Å². The summed E-state index contributed by atoms with van der Waals surface area (Å²) in [6.45, 7) is 5.89. The quantitative estimate of drug-likeness (QED) is 0.680. The van der Waals surface area contributed by atoms with Gasteiger partial charge in [0.1, 0.15) is 5.52 Å². The lowest BCUT2D eigenvalue weighted by Crippen LogP contribution is -2.32. The molecule has 0 unspecified atom stereocenters. The fourth-order valence-electron chi connectivity index (χ4n) is 3.38. The van der Waals surface area contributed by atoms with Gasteiger partial charge in [-0.2, -0.15) is 5.10 Å². The number of fused-ring (bicyclic) bond motifs is 1. The van der Waals surface area contributed by atoms with E-state index in [1.54, 1.807) is 16.8 Å². The highest BCUT2D eigenvalue weighted by Crippen LogP contribution is 2.43. The highest BCUT2D eigenvalue weighted by atomic mass is 35.5. The zero-order valence-corrected chi connectivity index (χ0v) is 16.9. The van der Waals surface area contributed by atoms with Crippen molar-refractivity contribution >= 4 is 23.0 Å². The number of carbonyl (C=O) groups is 1. The van der Waals surface area contributed by atoms with E-state index >= 15 is 0 Å². The number of benzene rings is 1. The SMILES string of the molecule is CC[C@H](C)NC(=O)c1nn2cc(-c3ccc(Cl)c(C)c3)[nH]c(=O)c2c1C1CC1. The summed E-state index contributed by atoms with van der Waals surface area (Å²) in [5, 5.41) is 8.15. The van der Waals surface area contributed by atoms with Gasteiger partial charge in [0.2, 0.25) is 0 Å². The van der Waals surface area contributed by atoms with Crippen molar-refractivity contribution in [3.63, 3.8) is 0 Å². The molecule has 1 fully saturated rings. The third-order valence-electron chi connectivity index (χ3n) is 5.32. The van der Waals surface area contributed by atoms with E-state index in [0.29, 0.717) is 21.9 Å². The molecule has 2 heterocycles. The minimum Gasteiger partial charge on any atom is -0.348 e. The normalized spacial score (nSPS) is 15.0. The topological polar surface area (TPSA) is 79.3 Å². The lowest BCUT2D eigenvalue weighted by atomic mass is 10.1. The van der Waals surface area contributed by atoms with E-state index in [-0.39, 0.29) is 23.4 Å². The van der Waals surface area contributed by atoms with Gasteiger partial charge in [0.25, 0.3) is 11.5 Å². The van der Waals surface area contributed by atoms with Crippen LogP contribution in [0.1, 0.15) is 60.6 Å². The van der Waals surface area contributed by atoms with Crippen LogP contribution in [0.2, 0.25) is 5.02 Å². The second-order valence-corrected chi connectivity index (χ2v) is 7.98. The number of aryl methyl sites for hydroxylation is 1.